The summed E-state index contributed by atoms with van der Waals surface area (Å²) in [6, 6.07) is 9.71. The van der Waals surface area contributed by atoms with E-state index in [1.807, 2.05) is 44.2 Å². The molecular weight excluding hydrogens is 276 g/mol. The van der Waals surface area contributed by atoms with E-state index in [0.717, 1.165) is 5.56 Å². The van der Waals surface area contributed by atoms with Crippen LogP contribution in [0.2, 0.25) is 0 Å². The van der Waals surface area contributed by atoms with E-state index in [2.05, 4.69) is 10.2 Å². The summed E-state index contributed by atoms with van der Waals surface area (Å²) in [6.07, 6.45) is 0.524. The van der Waals surface area contributed by atoms with Gasteiger partial charge in [0.25, 0.3) is 15.2 Å². The van der Waals surface area contributed by atoms with Gasteiger partial charge in [-0.3, -0.25) is 0 Å². The average Bonchev–Trinajstić information content (AvgIpc) is 2.72. The summed E-state index contributed by atoms with van der Waals surface area (Å²) in [5.41, 5.74) is 1.05. The minimum atomic E-state index is -3.86. The van der Waals surface area contributed by atoms with Crippen molar-refractivity contribution in [1.82, 2.24) is 14.8 Å². The summed E-state index contributed by atoms with van der Waals surface area (Å²) >= 11 is 0. The fourth-order valence-electron chi connectivity index (χ4n) is 1.99. The molecule has 0 spiro atoms. The van der Waals surface area contributed by atoms with Gasteiger partial charge in [-0.1, -0.05) is 44.2 Å². The quantitative estimate of drug-likeness (QED) is 0.896. The van der Waals surface area contributed by atoms with Crippen molar-refractivity contribution in [3.05, 3.63) is 41.7 Å². The van der Waals surface area contributed by atoms with Gasteiger partial charge in [-0.05, 0) is 11.5 Å². The van der Waals surface area contributed by atoms with E-state index >= 15 is 0 Å². The van der Waals surface area contributed by atoms with Gasteiger partial charge in [0.15, 0.2) is 0 Å². The Morgan fingerprint density at radius 2 is 1.85 bits per heavy atom. The van der Waals surface area contributed by atoms with E-state index in [0.29, 0.717) is 18.8 Å². The average molecular weight is 294 g/mol. The van der Waals surface area contributed by atoms with Gasteiger partial charge < -0.3 is 4.57 Å². The topological polar surface area (TPSA) is 90.9 Å². The van der Waals surface area contributed by atoms with Gasteiger partial charge in [0.2, 0.25) is 0 Å². The summed E-state index contributed by atoms with van der Waals surface area (Å²) in [6.45, 7) is 4.51. The van der Waals surface area contributed by atoms with Crippen molar-refractivity contribution >= 4 is 10.0 Å². The number of benzene rings is 1. The van der Waals surface area contributed by atoms with E-state index < -0.39 is 10.0 Å². The first-order valence-electron chi connectivity index (χ1n) is 6.36. The summed E-state index contributed by atoms with van der Waals surface area (Å²) in [4.78, 5) is 0. The van der Waals surface area contributed by atoms with Crippen LogP contribution in [0.5, 0.6) is 0 Å². The van der Waals surface area contributed by atoms with Crippen molar-refractivity contribution < 1.29 is 8.42 Å². The first-order chi connectivity index (χ1) is 9.38. The molecule has 108 valence electrons. The lowest BCUT2D eigenvalue weighted by Crippen LogP contribution is -2.21. The number of hydrogen-bond acceptors (Lipinski definition) is 4. The third kappa shape index (κ3) is 3.43. The molecule has 2 N–H and O–H groups in total. The van der Waals surface area contributed by atoms with Crippen LogP contribution in [0.25, 0.3) is 0 Å². The lowest BCUT2D eigenvalue weighted by molar-refractivity contribution is 0.472. The van der Waals surface area contributed by atoms with Crippen molar-refractivity contribution in [2.75, 3.05) is 0 Å². The lowest BCUT2D eigenvalue weighted by atomic mass is 10.1. The molecule has 0 fully saturated rings. The summed E-state index contributed by atoms with van der Waals surface area (Å²) < 4.78 is 24.7. The molecular formula is C13H18N4O2S. The van der Waals surface area contributed by atoms with Gasteiger partial charge in [-0.25, -0.2) is 13.6 Å². The third-order valence-electron chi connectivity index (χ3n) is 2.80. The minimum absolute atomic E-state index is 0.169. The molecule has 1 heterocycles. The molecule has 0 aliphatic carbocycles. The van der Waals surface area contributed by atoms with Crippen LogP contribution in [-0.2, 0) is 23.0 Å². The van der Waals surface area contributed by atoms with E-state index in [-0.39, 0.29) is 11.1 Å². The molecule has 1 aromatic heterocycles. The number of nitrogens with two attached hydrogens (primary N) is 1. The fraction of sp³-hybridized carbons (Fsp3) is 0.385. The Morgan fingerprint density at radius 1 is 1.20 bits per heavy atom. The SMILES string of the molecule is CC(C)Cn1c(Cc2ccccc2)nnc1S(N)(=O)=O. The van der Waals surface area contributed by atoms with E-state index in [9.17, 15) is 8.42 Å². The molecule has 0 radical (unpaired) electrons. The largest absolute Gasteiger partial charge is 0.300 e. The van der Waals surface area contributed by atoms with Gasteiger partial charge in [0, 0.05) is 13.0 Å². The number of nitrogens with zero attached hydrogens (tertiary/aromatic N) is 3. The van der Waals surface area contributed by atoms with Gasteiger partial charge in [-0.15, -0.1) is 10.2 Å². The Morgan fingerprint density at radius 3 is 2.40 bits per heavy atom. The van der Waals surface area contributed by atoms with Crippen molar-refractivity contribution in [1.29, 1.82) is 0 Å². The first-order valence-corrected chi connectivity index (χ1v) is 7.91. The maximum atomic E-state index is 11.6. The zero-order chi connectivity index (χ0) is 14.8. The fourth-order valence-corrected chi connectivity index (χ4v) is 2.63. The smallest absolute Gasteiger partial charge is 0.273 e. The standard InChI is InChI=1S/C13H18N4O2S/c1-10(2)9-17-12(8-11-6-4-3-5-7-11)15-16-13(17)20(14,18)19/h3-7,10H,8-9H2,1-2H3,(H2,14,18,19). The van der Waals surface area contributed by atoms with Crippen LogP contribution in [0.3, 0.4) is 0 Å². The Balaban J connectivity index is 2.41. The van der Waals surface area contributed by atoms with Crippen LogP contribution in [0, 0.1) is 5.92 Å². The van der Waals surface area contributed by atoms with E-state index in [4.69, 9.17) is 5.14 Å². The predicted octanol–water partition coefficient (Wildman–Crippen LogP) is 1.17. The highest BCUT2D eigenvalue weighted by Gasteiger charge is 2.21. The van der Waals surface area contributed by atoms with Crippen molar-refractivity contribution in [3.63, 3.8) is 0 Å². The number of aromatic nitrogens is 3. The van der Waals surface area contributed by atoms with E-state index in [1.165, 1.54) is 0 Å². The Bertz CT molecular complexity index is 678. The Labute approximate surface area is 118 Å². The predicted molar refractivity (Wildman–Crippen MR) is 75.5 cm³/mol. The van der Waals surface area contributed by atoms with Crippen LogP contribution in [0.1, 0.15) is 25.2 Å². The number of rotatable bonds is 5. The van der Waals surface area contributed by atoms with Gasteiger partial charge in [0.05, 0.1) is 0 Å². The van der Waals surface area contributed by atoms with E-state index in [1.54, 1.807) is 4.57 Å². The molecule has 20 heavy (non-hydrogen) atoms. The molecule has 0 saturated heterocycles. The highest BCUT2D eigenvalue weighted by Crippen LogP contribution is 2.14. The highest BCUT2D eigenvalue weighted by atomic mass is 32.2. The molecule has 2 aromatic rings. The van der Waals surface area contributed by atoms with Gasteiger partial charge in [-0.2, -0.15) is 0 Å². The maximum absolute atomic E-state index is 11.6. The Kier molecular flexibility index (Phi) is 4.20. The normalized spacial score (nSPS) is 12.0. The van der Waals surface area contributed by atoms with Gasteiger partial charge >= 0.3 is 0 Å². The molecule has 0 saturated carbocycles. The van der Waals surface area contributed by atoms with Crippen LogP contribution < -0.4 is 5.14 Å². The molecule has 0 amide bonds. The second-order valence-corrected chi connectivity index (χ2v) is 6.57. The number of sulfonamides is 1. The molecule has 0 bridgehead atoms. The molecule has 0 atom stereocenters. The maximum Gasteiger partial charge on any atom is 0.273 e. The second kappa shape index (κ2) is 5.72. The molecule has 1 aromatic carbocycles. The molecule has 6 nitrogen and oxygen atoms in total. The summed E-state index contributed by atoms with van der Waals surface area (Å²) in [5, 5.41) is 12.7. The van der Waals surface area contributed by atoms with Crippen molar-refractivity contribution in [2.45, 2.75) is 32.0 Å². The van der Waals surface area contributed by atoms with Crippen LogP contribution in [0.15, 0.2) is 35.5 Å². The zero-order valence-electron chi connectivity index (χ0n) is 11.5. The van der Waals surface area contributed by atoms with Crippen LogP contribution >= 0.6 is 0 Å². The molecule has 7 heteroatoms. The van der Waals surface area contributed by atoms with Crippen molar-refractivity contribution in [3.8, 4) is 0 Å². The Hall–Kier alpha value is -1.73. The lowest BCUT2D eigenvalue weighted by Gasteiger charge is -2.11. The number of hydrogen-bond donors (Lipinski definition) is 1. The highest BCUT2D eigenvalue weighted by molar-refractivity contribution is 7.89. The van der Waals surface area contributed by atoms with Crippen LogP contribution in [0.4, 0.5) is 0 Å². The van der Waals surface area contributed by atoms with Crippen molar-refractivity contribution in [2.24, 2.45) is 11.1 Å². The molecule has 0 aliphatic rings. The summed E-state index contributed by atoms with van der Waals surface area (Å²) in [5.74, 6) is 0.870. The molecule has 2 rings (SSSR count). The van der Waals surface area contributed by atoms with Gasteiger partial charge in [0.1, 0.15) is 5.82 Å². The monoisotopic (exact) mass is 294 g/mol. The molecule has 0 unspecified atom stereocenters. The summed E-state index contributed by atoms with van der Waals surface area (Å²) in [7, 11) is -3.86. The first kappa shape index (κ1) is 14.7. The minimum Gasteiger partial charge on any atom is -0.300 e. The van der Waals surface area contributed by atoms with Crippen LogP contribution in [-0.4, -0.2) is 23.2 Å². The second-order valence-electron chi connectivity index (χ2n) is 5.11. The third-order valence-corrected chi connectivity index (χ3v) is 3.61. The number of primary sulfonamides is 1. The molecule has 0 aliphatic heterocycles. The zero-order valence-corrected chi connectivity index (χ0v) is 12.3.